The third kappa shape index (κ3) is 4.15. The van der Waals surface area contributed by atoms with Gasteiger partial charge in [0.15, 0.2) is 6.61 Å². The van der Waals surface area contributed by atoms with Crippen molar-refractivity contribution in [2.75, 3.05) is 13.2 Å². The van der Waals surface area contributed by atoms with Crippen LogP contribution in [0.1, 0.15) is 48.0 Å². The lowest BCUT2D eigenvalue weighted by molar-refractivity contribution is -0.385. The lowest BCUT2D eigenvalue weighted by Gasteiger charge is -2.23. The Balaban J connectivity index is 1.56. The maximum Gasteiger partial charge on any atom is 0.311 e. The molecule has 1 aromatic carbocycles. The smallest absolute Gasteiger partial charge is 0.311 e. The predicted molar refractivity (Wildman–Crippen MR) is 95.2 cm³/mol. The van der Waals surface area contributed by atoms with E-state index in [4.69, 9.17) is 4.74 Å². The molecule has 2 fully saturated rings. The van der Waals surface area contributed by atoms with Gasteiger partial charge in [-0.3, -0.25) is 24.5 Å². The van der Waals surface area contributed by atoms with Gasteiger partial charge in [0.2, 0.25) is 11.7 Å². The second-order valence-corrected chi connectivity index (χ2v) is 7.17. The van der Waals surface area contributed by atoms with Gasteiger partial charge < -0.3 is 9.64 Å². The SMILES string of the molecule is Cc1ccc(C(=O)COC(=O)[C@H]2CC(=O)N(C3CCCC3)C2)cc1[N+](=O)[O-]. The Morgan fingerprint density at radius 1 is 1.30 bits per heavy atom. The van der Waals surface area contributed by atoms with Crippen LogP contribution in [-0.4, -0.2) is 46.7 Å². The zero-order chi connectivity index (χ0) is 19.6. The van der Waals surface area contributed by atoms with Crippen molar-refractivity contribution >= 4 is 23.3 Å². The number of likely N-dealkylation sites (tertiary alicyclic amines) is 1. The Hall–Kier alpha value is -2.77. The highest BCUT2D eigenvalue weighted by molar-refractivity contribution is 5.99. The molecule has 0 bridgehead atoms. The fraction of sp³-hybridized carbons (Fsp3) is 0.526. The first-order chi connectivity index (χ1) is 12.9. The zero-order valence-corrected chi connectivity index (χ0v) is 15.2. The number of nitro groups is 1. The molecule has 27 heavy (non-hydrogen) atoms. The van der Waals surface area contributed by atoms with E-state index in [0.717, 1.165) is 25.7 Å². The van der Waals surface area contributed by atoms with Crippen LogP contribution in [0.25, 0.3) is 0 Å². The van der Waals surface area contributed by atoms with Crippen LogP contribution in [0.5, 0.6) is 0 Å². The summed E-state index contributed by atoms with van der Waals surface area (Å²) in [5.41, 5.74) is 0.418. The van der Waals surface area contributed by atoms with Crippen molar-refractivity contribution in [3.63, 3.8) is 0 Å². The molecule has 8 heteroatoms. The molecule has 1 atom stereocenters. The van der Waals surface area contributed by atoms with Gasteiger partial charge in [-0.25, -0.2) is 0 Å². The fourth-order valence-electron chi connectivity index (χ4n) is 3.78. The highest BCUT2D eigenvalue weighted by atomic mass is 16.6. The molecule has 1 aromatic rings. The minimum atomic E-state index is -0.571. The van der Waals surface area contributed by atoms with Gasteiger partial charge in [-0.15, -0.1) is 0 Å². The Labute approximate surface area is 156 Å². The van der Waals surface area contributed by atoms with Gasteiger partial charge in [0.05, 0.1) is 10.8 Å². The normalized spacial score (nSPS) is 20.1. The van der Waals surface area contributed by atoms with Crippen molar-refractivity contribution in [3.05, 3.63) is 39.4 Å². The molecule has 0 aromatic heterocycles. The number of benzene rings is 1. The van der Waals surface area contributed by atoms with E-state index in [1.165, 1.54) is 18.2 Å². The summed E-state index contributed by atoms with van der Waals surface area (Å²) in [5, 5.41) is 11.0. The topological polar surface area (TPSA) is 107 Å². The summed E-state index contributed by atoms with van der Waals surface area (Å²) in [6, 6.07) is 4.36. The van der Waals surface area contributed by atoms with E-state index in [2.05, 4.69) is 0 Å². The van der Waals surface area contributed by atoms with Gasteiger partial charge in [-0.2, -0.15) is 0 Å². The van der Waals surface area contributed by atoms with E-state index in [1.54, 1.807) is 11.8 Å². The van der Waals surface area contributed by atoms with Crippen LogP contribution >= 0.6 is 0 Å². The monoisotopic (exact) mass is 374 g/mol. The highest BCUT2D eigenvalue weighted by Crippen LogP contribution is 2.30. The Morgan fingerprint density at radius 3 is 2.67 bits per heavy atom. The van der Waals surface area contributed by atoms with E-state index in [0.29, 0.717) is 12.1 Å². The lowest BCUT2D eigenvalue weighted by atomic mass is 10.1. The van der Waals surface area contributed by atoms with Crippen LogP contribution in [0.3, 0.4) is 0 Å². The second-order valence-electron chi connectivity index (χ2n) is 7.17. The number of carbonyl (C=O) groups excluding carboxylic acids is 3. The van der Waals surface area contributed by atoms with E-state index in [1.807, 2.05) is 0 Å². The van der Waals surface area contributed by atoms with Gasteiger partial charge >= 0.3 is 5.97 Å². The van der Waals surface area contributed by atoms with Crippen molar-refractivity contribution in [1.29, 1.82) is 0 Å². The zero-order valence-electron chi connectivity index (χ0n) is 15.2. The molecular weight excluding hydrogens is 352 g/mol. The fourth-order valence-corrected chi connectivity index (χ4v) is 3.78. The van der Waals surface area contributed by atoms with Crippen LogP contribution in [0.4, 0.5) is 5.69 Å². The average molecular weight is 374 g/mol. The number of ether oxygens (including phenoxy) is 1. The van der Waals surface area contributed by atoms with Crippen LogP contribution in [-0.2, 0) is 14.3 Å². The third-order valence-corrected chi connectivity index (χ3v) is 5.33. The number of nitrogens with zero attached hydrogens (tertiary/aromatic N) is 2. The predicted octanol–water partition coefficient (Wildman–Crippen LogP) is 2.42. The largest absolute Gasteiger partial charge is 0.457 e. The molecular formula is C19H22N2O6. The number of aryl methyl sites for hydroxylation is 1. The number of hydrogen-bond acceptors (Lipinski definition) is 6. The van der Waals surface area contributed by atoms with E-state index >= 15 is 0 Å². The van der Waals surface area contributed by atoms with Gasteiger partial charge in [0, 0.05) is 36.2 Å². The molecule has 1 amide bonds. The average Bonchev–Trinajstić information content (AvgIpc) is 3.28. The van der Waals surface area contributed by atoms with Crippen molar-refractivity contribution in [2.45, 2.75) is 45.1 Å². The molecule has 2 aliphatic rings. The first-order valence-corrected chi connectivity index (χ1v) is 9.11. The maximum atomic E-state index is 12.3. The number of rotatable bonds is 6. The number of ketones is 1. The Bertz CT molecular complexity index is 784. The summed E-state index contributed by atoms with van der Waals surface area (Å²) in [6.07, 6.45) is 4.25. The first kappa shape index (κ1) is 19.0. The van der Waals surface area contributed by atoms with E-state index in [-0.39, 0.29) is 29.6 Å². The van der Waals surface area contributed by atoms with Crippen molar-refractivity contribution < 1.29 is 24.0 Å². The number of esters is 1. The standard InChI is InChI=1S/C19H22N2O6/c1-12-6-7-13(8-16(12)21(25)26)17(22)11-27-19(24)14-9-18(23)20(10-14)15-4-2-3-5-15/h6-8,14-15H,2-5,9-11H2,1H3/t14-/m0/s1. The molecule has 144 valence electrons. The number of nitro benzene ring substituents is 1. The number of Topliss-reactive ketones (excluding diaryl/α,β-unsaturated/α-hetero) is 1. The summed E-state index contributed by atoms with van der Waals surface area (Å²) < 4.78 is 5.09. The van der Waals surface area contributed by atoms with Crippen LogP contribution in [0.2, 0.25) is 0 Å². The second kappa shape index (κ2) is 7.85. The Kier molecular flexibility index (Phi) is 5.53. The number of amides is 1. The van der Waals surface area contributed by atoms with Gasteiger partial charge in [0.25, 0.3) is 5.69 Å². The summed E-state index contributed by atoms with van der Waals surface area (Å²) in [5.74, 6) is -1.68. The van der Waals surface area contributed by atoms with Crippen molar-refractivity contribution in [3.8, 4) is 0 Å². The van der Waals surface area contributed by atoms with Gasteiger partial charge in [-0.1, -0.05) is 25.0 Å². The minimum Gasteiger partial charge on any atom is -0.457 e. The lowest BCUT2D eigenvalue weighted by Crippen LogP contribution is -2.35. The minimum absolute atomic E-state index is 0.0377. The molecule has 0 spiro atoms. The molecule has 3 rings (SSSR count). The Morgan fingerprint density at radius 2 is 2.00 bits per heavy atom. The molecule has 0 radical (unpaired) electrons. The molecule has 1 saturated carbocycles. The van der Waals surface area contributed by atoms with E-state index < -0.39 is 29.2 Å². The number of hydrogen-bond donors (Lipinski definition) is 0. The molecule has 1 aliphatic heterocycles. The molecule has 0 N–H and O–H groups in total. The molecule has 1 heterocycles. The van der Waals surface area contributed by atoms with Crippen LogP contribution < -0.4 is 0 Å². The van der Waals surface area contributed by atoms with Crippen molar-refractivity contribution in [1.82, 2.24) is 4.90 Å². The highest BCUT2D eigenvalue weighted by Gasteiger charge is 2.39. The maximum absolute atomic E-state index is 12.3. The summed E-state index contributed by atoms with van der Waals surface area (Å²) in [6.45, 7) is 1.43. The number of carbonyl (C=O) groups is 3. The molecule has 1 saturated heterocycles. The third-order valence-electron chi connectivity index (χ3n) is 5.33. The molecule has 0 unspecified atom stereocenters. The van der Waals surface area contributed by atoms with Crippen molar-refractivity contribution in [2.24, 2.45) is 5.92 Å². The van der Waals surface area contributed by atoms with Crippen LogP contribution in [0, 0.1) is 23.0 Å². The quantitative estimate of drug-likeness (QED) is 0.328. The van der Waals surface area contributed by atoms with Crippen LogP contribution in [0.15, 0.2) is 18.2 Å². The molecule has 1 aliphatic carbocycles. The summed E-state index contributed by atoms with van der Waals surface area (Å²) >= 11 is 0. The summed E-state index contributed by atoms with van der Waals surface area (Å²) in [4.78, 5) is 48.8. The van der Waals surface area contributed by atoms with E-state index in [9.17, 15) is 24.5 Å². The first-order valence-electron chi connectivity index (χ1n) is 9.11. The summed E-state index contributed by atoms with van der Waals surface area (Å²) in [7, 11) is 0. The van der Waals surface area contributed by atoms with Gasteiger partial charge in [-0.05, 0) is 19.8 Å². The molecule has 8 nitrogen and oxygen atoms in total. The van der Waals surface area contributed by atoms with Gasteiger partial charge in [0.1, 0.15) is 0 Å².